The van der Waals surface area contributed by atoms with Crippen LogP contribution in [0.25, 0.3) is 74.4 Å². The molecule has 10 aromatic rings. The van der Waals surface area contributed by atoms with E-state index < -0.39 is 0 Å². The molecule has 48 heavy (non-hydrogen) atoms. The summed E-state index contributed by atoms with van der Waals surface area (Å²) < 4.78 is 2.66. The molecule has 0 aliphatic rings. The van der Waals surface area contributed by atoms with Crippen molar-refractivity contribution >= 4 is 91.7 Å². The van der Waals surface area contributed by atoms with Gasteiger partial charge in [0.2, 0.25) is 0 Å². The first-order chi connectivity index (χ1) is 23.8. The lowest BCUT2D eigenvalue weighted by molar-refractivity contribution is 1.32. The first kappa shape index (κ1) is 27.2. The van der Waals surface area contributed by atoms with Crippen molar-refractivity contribution in [3.05, 3.63) is 176 Å². The Morgan fingerprint density at radius 3 is 1.81 bits per heavy atom. The lowest BCUT2D eigenvalue weighted by atomic mass is 9.94. The second kappa shape index (κ2) is 10.8. The van der Waals surface area contributed by atoms with Crippen LogP contribution in [0.4, 0.5) is 17.1 Å². The van der Waals surface area contributed by atoms with Crippen LogP contribution >= 0.6 is 11.3 Å². The van der Waals surface area contributed by atoms with Crippen molar-refractivity contribution in [3.63, 3.8) is 0 Å². The van der Waals surface area contributed by atoms with E-state index in [4.69, 9.17) is 0 Å². The van der Waals surface area contributed by atoms with Gasteiger partial charge in [0, 0.05) is 42.0 Å². The number of hydrogen-bond donors (Lipinski definition) is 0. The van der Waals surface area contributed by atoms with Gasteiger partial charge in [-0.1, -0.05) is 146 Å². The van der Waals surface area contributed by atoms with Gasteiger partial charge in [0.1, 0.15) is 0 Å². The molecule has 0 aliphatic carbocycles. The van der Waals surface area contributed by atoms with Crippen LogP contribution in [0.3, 0.4) is 0 Å². The standard InChI is InChI=1S/C46H29NS/c1-2-11-30(12-3-1)31-23-25-34(26-24-31)47(42-19-10-18-40-37(42)27-28-41-38-16-8-9-20-44(38)48-46(40)41)43-29-33-22-21-32-13-4-5-14-35(32)45(33)39-17-7-6-15-36(39)43/h1-29H. The molecule has 0 fully saturated rings. The summed E-state index contributed by atoms with van der Waals surface area (Å²) in [4.78, 5) is 2.48. The summed E-state index contributed by atoms with van der Waals surface area (Å²) in [6.45, 7) is 0. The molecular weight excluding hydrogens is 599 g/mol. The molecule has 10 rings (SSSR count). The minimum atomic E-state index is 1.13. The van der Waals surface area contributed by atoms with E-state index in [1.165, 1.54) is 85.8 Å². The molecule has 1 heterocycles. The SMILES string of the molecule is c1ccc(-c2ccc(N(c3cccc4c3ccc3c5ccccc5sc43)c3cc4ccc5ccccc5c4c4ccccc34)cc2)cc1. The van der Waals surface area contributed by atoms with E-state index in [2.05, 4.69) is 181 Å². The fourth-order valence-corrected chi connectivity index (χ4v) is 8.83. The Balaban J connectivity index is 1.28. The van der Waals surface area contributed by atoms with Crippen molar-refractivity contribution in [2.75, 3.05) is 4.90 Å². The lowest BCUT2D eigenvalue weighted by Gasteiger charge is -2.29. The maximum absolute atomic E-state index is 2.48. The zero-order chi connectivity index (χ0) is 31.6. The highest BCUT2D eigenvalue weighted by Gasteiger charge is 2.21. The molecule has 2 heteroatoms. The fourth-order valence-electron chi connectivity index (χ4n) is 7.60. The molecule has 0 radical (unpaired) electrons. The maximum atomic E-state index is 2.48. The molecule has 224 valence electrons. The van der Waals surface area contributed by atoms with Crippen molar-refractivity contribution < 1.29 is 0 Å². The number of hydrogen-bond acceptors (Lipinski definition) is 2. The highest BCUT2D eigenvalue weighted by molar-refractivity contribution is 7.26. The van der Waals surface area contributed by atoms with Crippen LogP contribution in [-0.4, -0.2) is 0 Å². The third-order valence-corrected chi connectivity index (χ3v) is 11.0. The number of thiophene rings is 1. The van der Waals surface area contributed by atoms with E-state index in [9.17, 15) is 0 Å². The second-order valence-corrected chi connectivity index (χ2v) is 13.5. The Morgan fingerprint density at radius 1 is 0.354 bits per heavy atom. The molecule has 0 saturated carbocycles. The van der Waals surface area contributed by atoms with E-state index in [-0.39, 0.29) is 0 Å². The molecule has 0 unspecified atom stereocenters. The van der Waals surface area contributed by atoms with Gasteiger partial charge in [-0.25, -0.2) is 0 Å². The minimum Gasteiger partial charge on any atom is -0.309 e. The Labute approximate surface area is 282 Å². The molecule has 1 nitrogen and oxygen atoms in total. The van der Waals surface area contributed by atoms with Crippen molar-refractivity contribution in [2.24, 2.45) is 0 Å². The van der Waals surface area contributed by atoms with Crippen LogP contribution in [0.5, 0.6) is 0 Å². The average Bonchev–Trinajstić information content (AvgIpc) is 3.55. The van der Waals surface area contributed by atoms with Crippen molar-refractivity contribution in [3.8, 4) is 11.1 Å². The Kier molecular flexibility index (Phi) is 6.12. The summed E-state index contributed by atoms with van der Waals surface area (Å²) in [6, 6.07) is 64.5. The highest BCUT2D eigenvalue weighted by Crippen LogP contribution is 2.47. The first-order valence-electron chi connectivity index (χ1n) is 16.4. The van der Waals surface area contributed by atoms with E-state index in [1.807, 2.05) is 11.3 Å². The topological polar surface area (TPSA) is 3.24 Å². The molecule has 0 spiro atoms. The number of anilines is 3. The minimum absolute atomic E-state index is 1.13. The number of nitrogens with zero attached hydrogens (tertiary/aromatic N) is 1. The molecular formula is C46H29NS. The van der Waals surface area contributed by atoms with Crippen LogP contribution in [0, 0.1) is 0 Å². The van der Waals surface area contributed by atoms with E-state index in [0.29, 0.717) is 0 Å². The quantitative estimate of drug-likeness (QED) is 0.176. The molecule has 0 N–H and O–H groups in total. The van der Waals surface area contributed by atoms with Gasteiger partial charge >= 0.3 is 0 Å². The average molecular weight is 628 g/mol. The monoisotopic (exact) mass is 627 g/mol. The molecule has 0 saturated heterocycles. The Morgan fingerprint density at radius 2 is 0.958 bits per heavy atom. The maximum Gasteiger partial charge on any atom is 0.0546 e. The van der Waals surface area contributed by atoms with Gasteiger partial charge in [-0.05, 0) is 68.4 Å². The summed E-state index contributed by atoms with van der Waals surface area (Å²) in [5, 5.41) is 12.8. The van der Waals surface area contributed by atoms with E-state index in [0.717, 1.165) is 5.69 Å². The number of fused-ring (bicyclic) bond motifs is 10. The lowest BCUT2D eigenvalue weighted by Crippen LogP contribution is -2.11. The van der Waals surface area contributed by atoms with Crippen LogP contribution in [0.15, 0.2) is 176 Å². The highest BCUT2D eigenvalue weighted by atomic mass is 32.1. The molecule has 0 amide bonds. The van der Waals surface area contributed by atoms with Gasteiger partial charge in [-0.2, -0.15) is 0 Å². The Bertz CT molecular complexity index is 2830. The number of benzene rings is 9. The fraction of sp³-hybridized carbons (Fsp3) is 0. The number of rotatable bonds is 4. The van der Waals surface area contributed by atoms with Crippen LogP contribution in [-0.2, 0) is 0 Å². The molecule has 0 bridgehead atoms. The molecule has 1 aromatic heterocycles. The van der Waals surface area contributed by atoms with Crippen molar-refractivity contribution in [1.82, 2.24) is 0 Å². The predicted molar refractivity (Wildman–Crippen MR) is 209 cm³/mol. The van der Waals surface area contributed by atoms with E-state index >= 15 is 0 Å². The van der Waals surface area contributed by atoms with E-state index in [1.54, 1.807) is 0 Å². The van der Waals surface area contributed by atoms with Crippen LogP contribution in [0.2, 0.25) is 0 Å². The van der Waals surface area contributed by atoms with Crippen molar-refractivity contribution in [1.29, 1.82) is 0 Å². The molecule has 0 atom stereocenters. The van der Waals surface area contributed by atoms with Gasteiger partial charge < -0.3 is 4.90 Å². The van der Waals surface area contributed by atoms with Crippen LogP contribution in [0.1, 0.15) is 0 Å². The van der Waals surface area contributed by atoms with Gasteiger partial charge in [0.05, 0.1) is 11.4 Å². The van der Waals surface area contributed by atoms with Gasteiger partial charge in [0.25, 0.3) is 0 Å². The Hall–Kier alpha value is -5.96. The normalized spacial score (nSPS) is 11.8. The van der Waals surface area contributed by atoms with Gasteiger partial charge in [0.15, 0.2) is 0 Å². The second-order valence-electron chi connectivity index (χ2n) is 12.5. The summed E-state index contributed by atoms with van der Waals surface area (Å²) >= 11 is 1.89. The molecule has 0 aliphatic heterocycles. The zero-order valence-electron chi connectivity index (χ0n) is 26.1. The zero-order valence-corrected chi connectivity index (χ0v) is 26.9. The summed E-state index contributed by atoms with van der Waals surface area (Å²) in [6.07, 6.45) is 0. The third kappa shape index (κ3) is 4.17. The third-order valence-electron chi connectivity index (χ3n) is 9.82. The summed E-state index contributed by atoms with van der Waals surface area (Å²) in [5.74, 6) is 0. The summed E-state index contributed by atoms with van der Waals surface area (Å²) in [7, 11) is 0. The summed E-state index contributed by atoms with van der Waals surface area (Å²) in [5.41, 5.74) is 5.90. The largest absolute Gasteiger partial charge is 0.309 e. The van der Waals surface area contributed by atoms with Crippen molar-refractivity contribution in [2.45, 2.75) is 0 Å². The first-order valence-corrected chi connectivity index (χ1v) is 17.3. The molecule has 9 aromatic carbocycles. The smallest absolute Gasteiger partial charge is 0.0546 e. The predicted octanol–water partition coefficient (Wildman–Crippen LogP) is 13.8. The van der Waals surface area contributed by atoms with Gasteiger partial charge in [-0.3, -0.25) is 0 Å². The van der Waals surface area contributed by atoms with Gasteiger partial charge in [-0.15, -0.1) is 11.3 Å². The van der Waals surface area contributed by atoms with Crippen LogP contribution < -0.4 is 4.90 Å².